The maximum atomic E-state index is 11.6. The number of para-hydroxylation sites is 1. The van der Waals surface area contributed by atoms with Crippen LogP contribution in [0.15, 0.2) is 36.5 Å². The molecule has 0 spiro atoms. The van der Waals surface area contributed by atoms with Gasteiger partial charge in [0.1, 0.15) is 5.75 Å². The van der Waals surface area contributed by atoms with Gasteiger partial charge in [-0.2, -0.15) is 4.98 Å². The lowest BCUT2D eigenvalue weighted by molar-refractivity contribution is 0.0961. The van der Waals surface area contributed by atoms with E-state index in [1.54, 1.807) is 37.4 Å². The molecule has 2 rings (SSSR count). The van der Waals surface area contributed by atoms with Crippen LogP contribution < -0.4 is 10.1 Å². The third kappa shape index (κ3) is 2.75. The van der Waals surface area contributed by atoms with Gasteiger partial charge in [-0.1, -0.05) is 12.1 Å². The average Bonchev–Trinajstić information content (AvgIpc) is 2.38. The van der Waals surface area contributed by atoms with Crippen LogP contribution in [-0.2, 0) is 0 Å². The molecule has 0 aliphatic heterocycles. The molecule has 1 amide bonds. The van der Waals surface area contributed by atoms with E-state index in [0.717, 1.165) is 0 Å². The van der Waals surface area contributed by atoms with Crippen molar-refractivity contribution in [2.75, 3.05) is 7.05 Å². The predicted octanol–water partition coefficient (Wildman–Crippen LogP) is 2.28. The molecule has 1 heterocycles. The van der Waals surface area contributed by atoms with Gasteiger partial charge in [0.2, 0.25) is 11.2 Å². The van der Waals surface area contributed by atoms with E-state index in [2.05, 4.69) is 15.3 Å². The Bertz CT molecular complexity index is 575. The lowest BCUT2D eigenvalue weighted by Gasteiger charge is -2.08. The van der Waals surface area contributed by atoms with Gasteiger partial charge in [-0.05, 0) is 23.7 Å². The van der Waals surface area contributed by atoms with Crippen molar-refractivity contribution in [2.45, 2.75) is 0 Å². The van der Waals surface area contributed by atoms with Crippen molar-refractivity contribution in [2.24, 2.45) is 0 Å². The number of hydrogen-bond acceptors (Lipinski definition) is 4. The zero-order valence-electron chi connectivity index (χ0n) is 9.55. The van der Waals surface area contributed by atoms with Crippen LogP contribution in [0.25, 0.3) is 0 Å². The smallest absolute Gasteiger partial charge is 0.254 e. The molecule has 1 N–H and O–H groups in total. The maximum absolute atomic E-state index is 11.6. The minimum atomic E-state index is -0.231. The fourth-order valence-corrected chi connectivity index (χ4v) is 1.51. The third-order valence-electron chi connectivity index (χ3n) is 2.17. The molecular formula is C12H10ClN3O2. The molecule has 0 radical (unpaired) electrons. The van der Waals surface area contributed by atoms with Crippen molar-refractivity contribution in [1.29, 1.82) is 0 Å². The second-order valence-electron chi connectivity index (χ2n) is 3.34. The Morgan fingerprint density at radius 3 is 2.83 bits per heavy atom. The van der Waals surface area contributed by atoms with Crippen molar-refractivity contribution in [3.8, 4) is 11.6 Å². The van der Waals surface area contributed by atoms with Gasteiger partial charge in [0.15, 0.2) is 0 Å². The number of carbonyl (C=O) groups is 1. The van der Waals surface area contributed by atoms with Crippen LogP contribution in [0.1, 0.15) is 10.4 Å². The largest absolute Gasteiger partial charge is 0.438 e. The summed E-state index contributed by atoms with van der Waals surface area (Å²) in [5.74, 6) is 0.462. The number of halogens is 1. The third-order valence-corrected chi connectivity index (χ3v) is 2.36. The molecule has 0 aliphatic rings. The summed E-state index contributed by atoms with van der Waals surface area (Å²) in [5.41, 5.74) is 0.426. The summed E-state index contributed by atoms with van der Waals surface area (Å²) in [7, 11) is 1.56. The SMILES string of the molecule is CNC(=O)c1ccccc1Oc1ccnc(Cl)n1. The Kier molecular flexibility index (Phi) is 3.74. The molecule has 1 aromatic carbocycles. The zero-order valence-corrected chi connectivity index (χ0v) is 10.3. The second-order valence-corrected chi connectivity index (χ2v) is 3.68. The lowest BCUT2D eigenvalue weighted by atomic mass is 10.2. The molecule has 0 saturated heterocycles. The molecule has 6 heteroatoms. The monoisotopic (exact) mass is 263 g/mol. The van der Waals surface area contributed by atoms with Crippen LogP contribution in [0, 0.1) is 0 Å². The normalized spacial score (nSPS) is 9.89. The summed E-state index contributed by atoms with van der Waals surface area (Å²) in [6.45, 7) is 0. The van der Waals surface area contributed by atoms with Gasteiger partial charge >= 0.3 is 0 Å². The van der Waals surface area contributed by atoms with Crippen molar-refractivity contribution in [1.82, 2.24) is 15.3 Å². The molecule has 18 heavy (non-hydrogen) atoms. The van der Waals surface area contributed by atoms with Crippen molar-refractivity contribution >= 4 is 17.5 Å². The van der Waals surface area contributed by atoms with Gasteiger partial charge in [-0.25, -0.2) is 4.98 Å². The highest BCUT2D eigenvalue weighted by Crippen LogP contribution is 2.24. The first-order valence-electron chi connectivity index (χ1n) is 5.18. The van der Waals surface area contributed by atoms with E-state index in [-0.39, 0.29) is 17.1 Å². The second kappa shape index (κ2) is 5.46. The fraction of sp³-hybridized carbons (Fsp3) is 0.0833. The van der Waals surface area contributed by atoms with Crippen LogP contribution in [0.2, 0.25) is 5.28 Å². The number of rotatable bonds is 3. The number of hydrogen-bond donors (Lipinski definition) is 1. The Morgan fingerprint density at radius 2 is 2.11 bits per heavy atom. The molecule has 2 aromatic rings. The molecule has 1 aromatic heterocycles. The predicted molar refractivity (Wildman–Crippen MR) is 66.9 cm³/mol. The first-order chi connectivity index (χ1) is 8.70. The Morgan fingerprint density at radius 1 is 1.33 bits per heavy atom. The van der Waals surface area contributed by atoms with E-state index in [9.17, 15) is 4.79 Å². The van der Waals surface area contributed by atoms with Gasteiger partial charge in [0.05, 0.1) is 5.56 Å². The summed E-state index contributed by atoms with van der Waals surface area (Å²) < 4.78 is 5.52. The summed E-state index contributed by atoms with van der Waals surface area (Å²) in [6, 6.07) is 8.43. The van der Waals surface area contributed by atoms with E-state index in [1.807, 2.05) is 0 Å². The molecule has 5 nitrogen and oxygen atoms in total. The van der Waals surface area contributed by atoms with Crippen LogP contribution >= 0.6 is 11.6 Å². The summed E-state index contributed by atoms with van der Waals surface area (Å²) in [4.78, 5) is 19.3. The fourth-order valence-electron chi connectivity index (χ4n) is 1.37. The molecule has 0 unspecified atom stereocenters. The van der Waals surface area contributed by atoms with Crippen molar-refractivity contribution in [3.63, 3.8) is 0 Å². The highest BCUT2D eigenvalue weighted by atomic mass is 35.5. The van der Waals surface area contributed by atoms with Crippen LogP contribution in [0.5, 0.6) is 11.6 Å². The number of amides is 1. The van der Waals surface area contributed by atoms with Gasteiger partial charge < -0.3 is 10.1 Å². The molecule has 92 valence electrons. The van der Waals surface area contributed by atoms with E-state index < -0.39 is 0 Å². The Hall–Kier alpha value is -2.14. The average molecular weight is 264 g/mol. The van der Waals surface area contributed by atoms with Gasteiger partial charge in [-0.3, -0.25) is 4.79 Å². The molecular weight excluding hydrogens is 254 g/mol. The van der Waals surface area contributed by atoms with Crippen LogP contribution in [0.3, 0.4) is 0 Å². The maximum Gasteiger partial charge on any atom is 0.254 e. The topological polar surface area (TPSA) is 64.1 Å². The molecule has 0 aliphatic carbocycles. The first-order valence-corrected chi connectivity index (χ1v) is 5.56. The van der Waals surface area contributed by atoms with Crippen LogP contribution in [-0.4, -0.2) is 22.9 Å². The van der Waals surface area contributed by atoms with Crippen LogP contribution in [0.4, 0.5) is 0 Å². The highest BCUT2D eigenvalue weighted by Gasteiger charge is 2.11. The minimum absolute atomic E-state index is 0.0879. The minimum Gasteiger partial charge on any atom is -0.438 e. The van der Waals surface area contributed by atoms with E-state index in [0.29, 0.717) is 11.3 Å². The number of nitrogens with zero attached hydrogens (tertiary/aromatic N) is 2. The number of aromatic nitrogens is 2. The standard InChI is InChI=1S/C12H10ClN3O2/c1-14-11(17)8-4-2-3-5-9(8)18-10-6-7-15-12(13)16-10/h2-7H,1H3,(H,14,17). The number of benzene rings is 1. The lowest BCUT2D eigenvalue weighted by Crippen LogP contribution is -2.18. The Balaban J connectivity index is 2.32. The van der Waals surface area contributed by atoms with Gasteiger partial charge in [0.25, 0.3) is 5.91 Å². The quantitative estimate of drug-likeness (QED) is 0.863. The zero-order chi connectivity index (χ0) is 13.0. The molecule has 0 fully saturated rings. The molecule has 0 bridgehead atoms. The van der Waals surface area contributed by atoms with E-state index in [4.69, 9.17) is 16.3 Å². The first kappa shape index (κ1) is 12.3. The van der Waals surface area contributed by atoms with Crippen molar-refractivity contribution in [3.05, 3.63) is 47.4 Å². The van der Waals surface area contributed by atoms with E-state index >= 15 is 0 Å². The van der Waals surface area contributed by atoms with E-state index in [1.165, 1.54) is 6.20 Å². The molecule has 0 saturated carbocycles. The van der Waals surface area contributed by atoms with Gasteiger partial charge in [0, 0.05) is 19.3 Å². The van der Waals surface area contributed by atoms with Gasteiger partial charge in [-0.15, -0.1) is 0 Å². The number of carbonyl (C=O) groups excluding carboxylic acids is 1. The number of nitrogens with one attached hydrogen (secondary N) is 1. The Labute approximate surface area is 109 Å². The van der Waals surface area contributed by atoms with Crippen molar-refractivity contribution < 1.29 is 9.53 Å². The number of ether oxygens (including phenoxy) is 1. The summed E-state index contributed by atoms with van der Waals surface area (Å²) >= 11 is 5.66. The molecule has 0 atom stereocenters. The summed E-state index contributed by atoms with van der Waals surface area (Å²) in [5, 5.41) is 2.63. The highest BCUT2D eigenvalue weighted by molar-refractivity contribution is 6.28. The summed E-state index contributed by atoms with van der Waals surface area (Å²) in [6.07, 6.45) is 1.48.